The van der Waals surface area contributed by atoms with Crippen LogP contribution in [0.5, 0.6) is 0 Å². The molecule has 4 nitrogen and oxygen atoms in total. The largest absolute Gasteiger partial charge is 0.352 e. The molecular formula is C16H13Cl3N2O2. The first-order chi connectivity index (χ1) is 11.0. The molecule has 0 spiro atoms. The maximum Gasteiger partial charge on any atom is 0.233 e. The maximum atomic E-state index is 11.8. The van der Waals surface area contributed by atoms with E-state index in [0.717, 1.165) is 5.56 Å². The number of hydrogen-bond acceptors (Lipinski definition) is 2. The molecule has 23 heavy (non-hydrogen) atoms. The Morgan fingerprint density at radius 1 is 0.913 bits per heavy atom. The number of anilines is 1. The van der Waals surface area contributed by atoms with Gasteiger partial charge in [0.15, 0.2) is 0 Å². The average molecular weight is 372 g/mol. The molecule has 7 heteroatoms. The molecule has 2 amide bonds. The molecular weight excluding hydrogens is 359 g/mol. The highest BCUT2D eigenvalue weighted by molar-refractivity contribution is 6.36. The van der Waals surface area contributed by atoms with Crippen molar-refractivity contribution in [3.8, 4) is 0 Å². The Bertz CT molecular complexity index is 735. The first kappa shape index (κ1) is 17.6. The summed E-state index contributed by atoms with van der Waals surface area (Å²) in [5.41, 5.74) is 1.18. The SMILES string of the molecule is O=C(CC(=O)Nc1ccc(Cl)cc1Cl)NCc1ccccc1Cl. The van der Waals surface area contributed by atoms with E-state index in [0.29, 0.717) is 20.8 Å². The molecule has 120 valence electrons. The molecule has 0 radical (unpaired) electrons. The van der Waals surface area contributed by atoms with Crippen molar-refractivity contribution in [2.24, 2.45) is 0 Å². The fourth-order valence-electron chi connectivity index (χ4n) is 1.83. The topological polar surface area (TPSA) is 58.2 Å². The molecule has 0 aromatic heterocycles. The molecule has 2 rings (SSSR count). The minimum absolute atomic E-state index is 0.257. The van der Waals surface area contributed by atoms with Gasteiger partial charge in [-0.15, -0.1) is 0 Å². The molecule has 0 saturated heterocycles. The van der Waals surface area contributed by atoms with Crippen molar-refractivity contribution in [1.82, 2.24) is 5.32 Å². The monoisotopic (exact) mass is 370 g/mol. The van der Waals surface area contributed by atoms with Crippen molar-refractivity contribution in [3.05, 3.63) is 63.1 Å². The Morgan fingerprint density at radius 2 is 1.65 bits per heavy atom. The fourth-order valence-corrected chi connectivity index (χ4v) is 2.49. The molecule has 0 aliphatic heterocycles. The summed E-state index contributed by atoms with van der Waals surface area (Å²) in [6.07, 6.45) is -0.316. The van der Waals surface area contributed by atoms with Gasteiger partial charge >= 0.3 is 0 Å². The van der Waals surface area contributed by atoms with Gasteiger partial charge < -0.3 is 10.6 Å². The smallest absolute Gasteiger partial charge is 0.233 e. The van der Waals surface area contributed by atoms with Crippen LogP contribution in [-0.2, 0) is 16.1 Å². The third-order valence-electron chi connectivity index (χ3n) is 2.96. The summed E-state index contributed by atoms with van der Waals surface area (Å²) in [7, 11) is 0. The van der Waals surface area contributed by atoms with Crippen LogP contribution >= 0.6 is 34.8 Å². The molecule has 0 aliphatic carbocycles. The van der Waals surface area contributed by atoms with Crippen LogP contribution in [0.2, 0.25) is 15.1 Å². The number of carbonyl (C=O) groups excluding carboxylic acids is 2. The summed E-state index contributed by atoms with van der Waals surface area (Å²) in [6.45, 7) is 0.257. The van der Waals surface area contributed by atoms with Crippen LogP contribution in [-0.4, -0.2) is 11.8 Å². The van der Waals surface area contributed by atoms with Gasteiger partial charge in [0.1, 0.15) is 6.42 Å². The van der Waals surface area contributed by atoms with Gasteiger partial charge in [-0.2, -0.15) is 0 Å². The highest BCUT2D eigenvalue weighted by Gasteiger charge is 2.12. The fraction of sp³-hybridized carbons (Fsp3) is 0.125. The van der Waals surface area contributed by atoms with E-state index in [1.165, 1.54) is 6.07 Å². The minimum Gasteiger partial charge on any atom is -0.352 e. The summed E-state index contributed by atoms with van der Waals surface area (Å²) in [6, 6.07) is 11.8. The van der Waals surface area contributed by atoms with E-state index in [4.69, 9.17) is 34.8 Å². The molecule has 0 bridgehead atoms. The summed E-state index contributed by atoms with van der Waals surface area (Å²) < 4.78 is 0. The number of halogens is 3. The van der Waals surface area contributed by atoms with Crippen LogP contribution < -0.4 is 10.6 Å². The van der Waals surface area contributed by atoms with Crippen molar-refractivity contribution in [2.45, 2.75) is 13.0 Å². The standard InChI is InChI=1S/C16H13Cl3N2O2/c17-11-5-6-14(13(19)7-11)21-16(23)8-15(22)20-9-10-3-1-2-4-12(10)18/h1-7H,8-9H2,(H,20,22)(H,21,23). The highest BCUT2D eigenvalue weighted by atomic mass is 35.5. The van der Waals surface area contributed by atoms with Crippen LogP contribution in [0.3, 0.4) is 0 Å². The number of benzene rings is 2. The Balaban J connectivity index is 1.85. The van der Waals surface area contributed by atoms with Gasteiger partial charge in [0, 0.05) is 16.6 Å². The zero-order valence-corrected chi connectivity index (χ0v) is 14.2. The van der Waals surface area contributed by atoms with Gasteiger partial charge in [-0.3, -0.25) is 9.59 Å². The highest BCUT2D eigenvalue weighted by Crippen LogP contribution is 2.25. The van der Waals surface area contributed by atoms with Crippen molar-refractivity contribution in [3.63, 3.8) is 0 Å². The normalized spacial score (nSPS) is 10.2. The van der Waals surface area contributed by atoms with Crippen molar-refractivity contribution in [2.75, 3.05) is 5.32 Å². The van der Waals surface area contributed by atoms with Gasteiger partial charge in [-0.05, 0) is 29.8 Å². The Morgan fingerprint density at radius 3 is 2.35 bits per heavy atom. The quantitative estimate of drug-likeness (QED) is 0.770. The van der Waals surface area contributed by atoms with Crippen LogP contribution in [0.15, 0.2) is 42.5 Å². The predicted octanol–water partition coefficient (Wildman–Crippen LogP) is 4.29. The van der Waals surface area contributed by atoms with Crippen molar-refractivity contribution >= 4 is 52.3 Å². The van der Waals surface area contributed by atoms with Crippen LogP contribution in [0.25, 0.3) is 0 Å². The molecule has 2 aromatic rings. The Hall–Kier alpha value is -1.75. The van der Waals surface area contributed by atoms with Gasteiger partial charge in [0.05, 0.1) is 10.7 Å². The van der Waals surface area contributed by atoms with Crippen LogP contribution in [0.1, 0.15) is 12.0 Å². The second-order valence-electron chi connectivity index (χ2n) is 4.72. The zero-order chi connectivity index (χ0) is 16.8. The number of hydrogen-bond donors (Lipinski definition) is 2. The van der Waals surface area contributed by atoms with E-state index in [1.807, 2.05) is 6.07 Å². The van der Waals surface area contributed by atoms with E-state index in [-0.39, 0.29) is 13.0 Å². The lowest BCUT2D eigenvalue weighted by molar-refractivity contribution is -0.126. The molecule has 0 saturated carbocycles. The second kappa shape index (κ2) is 8.20. The number of rotatable bonds is 5. The van der Waals surface area contributed by atoms with Crippen molar-refractivity contribution in [1.29, 1.82) is 0 Å². The van der Waals surface area contributed by atoms with Gasteiger partial charge in [-0.25, -0.2) is 0 Å². The van der Waals surface area contributed by atoms with E-state index < -0.39 is 11.8 Å². The first-order valence-electron chi connectivity index (χ1n) is 6.70. The van der Waals surface area contributed by atoms with Crippen LogP contribution in [0.4, 0.5) is 5.69 Å². The molecule has 0 heterocycles. The summed E-state index contributed by atoms with van der Waals surface area (Å²) in [5.74, 6) is -0.876. The third kappa shape index (κ3) is 5.43. The molecule has 0 aliphatic rings. The molecule has 0 atom stereocenters. The number of amides is 2. The third-order valence-corrected chi connectivity index (χ3v) is 3.88. The molecule has 0 fully saturated rings. The number of carbonyl (C=O) groups is 2. The summed E-state index contributed by atoms with van der Waals surface area (Å²) in [4.78, 5) is 23.6. The predicted molar refractivity (Wildman–Crippen MR) is 93.0 cm³/mol. The van der Waals surface area contributed by atoms with E-state index >= 15 is 0 Å². The van der Waals surface area contributed by atoms with Gasteiger partial charge in [0.25, 0.3) is 0 Å². The van der Waals surface area contributed by atoms with Gasteiger partial charge in [-0.1, -0.05) is 53.0 Å². The summed E-state index contributed by atoms with van der Waals surface area (Å²) >= 11 is 17.7. The average Bonchev–Trinajstić information content (AvgIpc) is 2.49. The molecule has 2 N–H and O–H groups in total. The minimum atomic E-state index is -0.467. The van der Waals surface area contributed by atoms with E-state index in [1.54, 1.807) is 30.3 Å². The first-order valence-corrected chi connectivity index (χ1v) is 7.84. The summed E-state index contributed by atoms with van der Waals surface area (Å²) in [5, 5.41) is 6.53. The second-order valence-corrected chi connectivity index (χ2v) is 5.97. The lowest BCUT2D eigenvalue weighted by atomic mass is 10.2. The Labute approximate surface area is 148 Å². The lowest BCUT2D eigenvalue weighted by Crippen LogP contribution is -2.27. The lowest BCUT2D eigenvalue weighted by Gasteiger charge is -2.09. The number of nitrogens with one attached hydrogen (secondary N) is 2. The Kier molecular flexibility index (Phi) is 6.28. The molecule has 2 aromatic carbocycles. The van der Waals surface area contributed by atoms with E-state index in [9.17, 15) is 9.59 Å². The zero-order valence-electron chi connectivity index (χ0n) is 11.9. The maximum absolute atomic E-state index is 11.8. The van der Waals surface area contributed by atoms with Crippen LogP contribution in [0, 0.1) is 0 Å². The van der Waals surface area contributed by atoms with E-state index in [2.05, 4.69) is 10.6 Å². The molecule has 0 unspecified atom stereocenters. The van der Waals surface area contributed by atoms with Crippen molar-refractivity contribution < 1.29 is 9.59 Å². The van der Waals surface area contributed by atoms with Gasteiger partial charge in [0.2, 0.25) is 11.8 Å².